The van der Waals surface area contributed by atoms with Crippen LogP contribution in [0.15, 0.2) is 30.3 Å². The highest BCUT2D eigenvalue weighted by Gasteiger charge is 2.19. The van der Waals surface area contributed by atoms with Gasteiger partial charge in [0.15, 0.2) is 0 Å². The Bertz CT molecular complexity index is 592. The summed E-state index contributed by atoms with van der Waals surface area (Å²) in [5.74, 6) is 0.859. The maximum absolute atomic E-state index is 4.35. The van der Waals surface area contributed by atoms with Crippen LogP contribution < -0.4 is 5.32 Å². The quantitative estimate of drug-likeness (QED) is 0.773. The van der Waals surface area contributed by atoms with Crippen molar-refractivity contribution in [1.82, 2.24) is 15.1 Å². The number of benzene rings is 1. The van der Waals surface area contributed by atoms with Gasteiger partial charge in [-0.25, -0.2) is 0 Å². The lowest BCUT2D eigenvalue weighted by Gasteiger charge is -2.11. The van der Waals surface area contributed by atoms with Gasteiger partial charge < -0.3 is 10.2 Å². The van der Waals surface area contributed by atoms with E-state index in [0.29, 0.717) is 0 Å². The maximum Gasteiger partial charge on any atom is 0.149 e. The molecule has 4 heteroatoms. The number of nitrogens with one attached hydrogen (secondary N) is 1. The number of aromatic nitrogens is 2. The molecular formula is C15H18N4. The number of hydrogen-bond acceptors (Lipinski definition) is 4. The average molecular weight is 254 g/mol. The van der Waals surface area contributed by atoms with E-state index in [1.165, 1.54) is 16.7 Å². The summed E-state index contributed by atoms with van der Waals surface area (Å²) in [6.45, 7) is 1.86. The lowest BCUT2D eigenvalue weighted by molar-refractivity contribution is 0.425. The minimum Gasteiger partial charge on any atom is -0.367 e. The highest BCUT2D eigenvalue weighted by atomic mass is 15.2. The van der Waals surface area contributed by atoms with E-state index in [0.717, 1.165) is 31.0 Å². The standard InChI is InChI=1S/C15H18N4/c1-19(2)8-7-16-15-10-13-12-6-4-3-5-11(12)9-14(13)17-18-15/h3-6,10H,7-9H2,1-2H3,(H,16,18). The Labute approximate surface area is 113 Å². The van der Waals surface area contributed by atoms with E-state index in [2.05, 4.69) is 64.8 Å². The van der Waals surface area contributed by atoms with Crippen molar-refractivity contribution in [3.8, 4) is 11.1 Å². The second-order valence-electron chi connectivity index (χ2n) is 5.15. The van der Waals surface area contributed by atoms with E-state index in [1.807, 2.05) is 0 Å². The first-order valence-electron chi connectivity index (χ1n) is 6.57. The van der Waals surface area contributed by atoms with Crippen molar-refractivity contribution in [3.05, 3.63) is 41.6 Å². The number of rotatable bonds is 4. The van der Waals surface area contributed by atoms with Crippen LogP contribution in [0.2, 0.25) is 0 Å². The summed E-state index contributed by atoms with van der Waals surface area (Å²) in [6.07, 6.45) is 0.899. The third kappa shape index (κ3) is 2.44. The van der Waals surface area contributed by atoms with Crippen molar-refractivity contribution >= 4 is 5.82 Å². The van der Waals surface area contributed by atoms with Crippen LogP contribution in [0.1, 0.15) is 11.3 Å². The van der Waals surface area contributed by atoms with Crippen molar-refractivity contribution in [3.63, 3.8) is 0 Å². The lowest BCUT2D eigenvalue weighted by Crippen LogP contribution is -2.21. The first kappa shape index (κ1) is 12.1. The monoisotopic (exact) mass is 254 g/mol. The summed E-state index contributed by atoms with van der Waals surface area (Å²) in [5, 5.41) is 11.9. The van der Waals surface area contributed by atoms with Crippen molar-refractivity contribution in [2.75, 3.05) is 32.5 Å². The predicted molar refractivity (Wildman–Crippen MR) is 77.3 cm³/mol. The molecular weight excluding hydrogens is 236 g/mol. The van der Waals surface area contributed by atoms with Crippen molar-refractivity contribution in [1.29, 1.82) is 0 Å². The minimum absolute atomic E-state index is 0.859. The summed E-state index contributed by atoms with van der Waals surface area (Å²) < 4.78 is 0. The molecule has 0 radical (unpaired) electrons. The molecule has 0 saturated heterocycles. The molecule has 98 valence electrons. The van der Waals surface area contributed by atoms with E-state index in [-0.39, 0.29) is 0 Å². The fraction of sp³-hybridized carbons (Fsp3) is 0.333. The number of hydrogen-bond donors (Lipinski definition) is 1. The van der Waals surface area contributed by atoms with Gasteiger partial charge in [-0.15, -0.1) is 5.10 Å². The van der Waals surface area contributed by atoms with Gasteiger partial charge in [0.2, 0.25) is 0 Å². The normalized spacial score (nSPS) is 12.4. The first-order chi connectivity index (χ1) is 9.24. The maximum atomic E-state index is 4.35. The molecule has 1 aliphatic carbocycles. The van der Waals surface area contributed by atoms with Crippen LogP contribution in [0.25, 0.3) is 11.1 Å². The van der Waals surface area contributed by atoms with Gasteiger partial charge >= 0.3 is 0 Å². The van der Waals surface area contributed by atoms with E-state index >= 15 is 0 Å². The molecule has 0 bridgehead atoms. The van der Waals surface area contributed by atoms with E-state index in [9.17, 15) is 0 Å². The second kappa shape index (κ2) is 4.97. The van der Waals surface area contributed by atoms with Gasteiger partial charge in [-0.2, -0.15) is 5.10 Å². The molecule has 1 aromatic carbocycles. The molecule has 19 heavy (non-hydrogen) atoms. The number of anilines is 1. The van der Waals surface area contributed by atoms with Gasteiger partial charge in [-0.1, -0.05) is 24.3 Å². The van der Waals surface area contributed by atoms with Crippen LogP contribution in [-0.2, 0) is 6.42 Å². The van der Waals surface area contributed by atoms with Gasteiger partial charge in [-0.3, -0.25) is 0 Å². The van der Waals surface area contributed by atoms with Crippen LogP contribution in [0.5, 0.6) is 0 Å². The number of nitrogens with zero attached hydrogens (tertiary/aromatic N) is 3. The predicted octanol–water partition coefficient (Wildman–Crippen LogP) is 2.02. The van der Waals surface area contributed by atoms with Crippen molar-refractivity contribution < 1.29 is 0 Å². The van der Waals surface area contributed by atoms with E-state index in [1.54, 1.807) is 0 Å². The Morgan fingerprint density at radius 2 is 2.00 bits per heavy atom. The third-order valence-electron chi connectivity index (χ3n) is 3.40. The zero-order valence-corrected chi connectivity index (χ0v) is 11.3. The Morgan fingerprint density at radius 1 is 1.16 bits per heavy atom. The molecule has 1 N–H and O–H groups in total. The minimum atomic E-state index is 0.859. The Hall–Kier alpha value is -1.94. The topological polar surface area (TPSA) is 41.0 Å². The molecule has 2 aromatic rings. The molecule has 1 aromatic heterocycles. The van der Waals surface area contributed by atoms with Crippen LogP contribution in [0.3, 0.4) is 0 Å². The lowest BCUT2D eigenvalue weighted by atomic mass is 10.1. The average Bonchev–Trinajstić information content (AvgIpc) is 2.76. The number of fused-ring (bicyclic) bond motifs is 3. The summed E-state index contributed by atoms with van der Waals surface area (Å²) in [5.41, 5.74) is 4.94. The Kier molecular flexibility index (Phi) is 3.17. The van der Waals surface area contributed by atoms with Gasteiger partial charge in [0.25, 0.3) is 0 Å². The van der Waals surface area contributed by atoms with Gasteiger partial charge in [-0.05, 0) is 31.3 Å². The van der Waals surface area contributed by atoms with Gasteiger partial charge in [0.05, 0.1) is 5.69 Å². The highest BCUT2D eigenvalue weighted by Crippen LogP contribution is 2.35. The van der Waals surface area contributed by atoms with Gasteiger partial charge in [0, 0.05) is 25.1 Å². The van der Waals surface area contributed by atoms with Crippen molar-refractivity contribution in [2.45, 2.75) is 6.42 Å². The zero-order chi connectivity index (χ0) is 13.2. The van der Waals surface area contributed by atoms with E-state index < -0.39 is 0 Å². The van der Waals surface area contributed by atoms with Crippen LogP contribution in [0, 0.1) is 0 Å². The summed E-state index contributed by atoms with van der Waals surface area (Å²) >= 11 is 0. The zero-order valence-electron chi connectivity index (χ0n) is 11.3. The van der Waals surface area contributed by atoms with Crippen molar-refractivity contribution in [2.24, 2.45) is 0 Å². The highest BCUT2D eigenvalue weighted by molar-refractivity contribution is 5.76. The summed E-state index contributed by atoms with van der Waals surface area (Å²) in [7, 11) is 4.12. The molecule has 0 aliphatic heterocycles. The second-order valence-corrected chi connectivity index (χ2v) is 5.15. The molecule has 0 amide bonds. The molecule has 0 atom stereocenters. The summed E-state index contributed by atoms with van der Waals surface area (Å²) in [4.78, 5) is 2.14. The van der Waals surface area contributed by atoms with Crippen LogP contribution in [-0.4, -0.2) is 42.3 Å². The molecule has 4 nitrogen and oxygen atoms in total. The third-order valence-corrected chi connectivity index (χ3v) is 3.40. The SMILES string of the molecule is CN(C)CCNc1cc2c(nn1)Cc1ccccc1-2. The molecule has 1 heterocycles. The fourth-order valence-corrected chi connectivity index (χ4v) is 2.39. The van der Waals surface area contributed by atoms with Crippen LogP contribution in [0.4, 0.5) is 5.82 Å². The van der Waals surface area contributed by atoms with Gasteiger partial charge in [0.1, 0.15) is 5.82 Å². The van der Waals surface area contributed by atoms with E-state index in [4.69, 9.17) is 0 Å². The Morgan fingerprint density at radius 3 is 2.84 bits per heavy atom. The molecule has 1 aliphatic rings. The smallest absolute Gasteiger partial charge is 0.149 e. The summed E-state index contributed by atoms with van der Waals surface area (Å²) in [6, 6.07) is 10.6. The fourth-order valence-electron chi connectivity index (χ4n) is 2.39. The molecule has 0 spiro atoms. The molecule has 0 fully saturated rings. The first-order valence-corrected chi connectivity index (χ1v) is 6.57. The van der Waals surface area contributed by atoms with Crippen LogP contribution >= 0.6 is 0 Å². The number of likely N-dealkylation sites (N-methyl/N-ethyl adjacent to an activating group) is 1. The Balaban J connectivity index is 1.82. The molecule has 3 rings (SSSR count). The largest absolute Gasteiger partial charge is 0.367 e. The molecule has 0 unspecified atom stereocenters. The molecule has 0 saturated carbocycles.